The van der Waals surface area contributed by atoms with Crippen LogP contribution in [-0.4, -0.2) is 53.9 Å². The summed E-state index contributed by atoms with van der Waals surface area (Å²) in [5, 5.41) is 8.02. The van der Waals surface area contributed by atoms with E-state index in [0.717, 1.165) is 57.3 Å². The van der Waals surface area contributed by atoms with E-state index in [4.69, 9.17) is 4.74 Å². The van der Waals surface area contributed by atoms with E-state index in [1.165, 1.54) is 11.3 Å². The molecule has 0 aliphatic carbocycles. The van der Waals surface area contributed by atoms with E-state index in [2.05, 4.69) is 62.2 Å². The summed E-state index contributed by atoms with van der Waals surface area (Å²) in [6.45, 7) is 9.52. The molecule has 1 aliphatic heterocycles. The molecule has 0 saturated carbocycles. The van der Waals surface area contributed by atoms with Crippen LogP contribution in [0.5, 0.6) is 0 Å². The van der Waals surface area contributed by atoms with Crippen LogP contribution in [-0.2, 0) is 17.9 Å². The maximum absolute atomic E-state index is 5.93. The van der Waals surface area contributed by atoms with Gasteiger partial charge in [-0.3, -0.25) is 9.67 Å². The van der Waals surface area contributed by atoms with Crippen LogP contribution in [0.3, 0.4) is 0 Å². The number of aromatic nitrogens is 2. The van der Waals surface area contributed by atoms with Gasteiger partial charge < -0.3 is 15.0 Å². The molecule has 0 amide bonds. The highest BCUT2D eigenvalue weighted by Crippen LogP contribution is 2.17. The summed E-state index contributed by atoms with van der Waals surface area (Å²) >= 11 is 0. The third kappa shape index (κ3) is 5.83. The maximum Gasteiger partial charge on any atom is 0.193 e. The monoisotopic (exact) mass is 383 g/mol. The molecule has 28 heavy (non-hydrogen) atoms. The van der Waals surface area contributed by atoms with Crippen molar-refractivity contribution in [1.82, 2.24) is 20.0 Å². The van der Waals surface area contributed by atoms with E-state index in [-0.39, 0.29) is 0 Å². The largest absolute Gasteiger partial charge is 0.376 e. The van der Waals surface area contributed by atoms with Gasteiger partial charge in [0.15, 0.2) is 5.96 Å². The molecule has 6 nitrogen and oxygen atoms in total. The topological polar surface area (TPSA) is 54.7 Å². The number of benzene rings is 1. The number of aryl methyl sites for hydroxylation is 3. The lowest BCUT2D eigenvalue weighted by atomic mass is 10.1. The Hall–Kier alpha value is -2.34. The molecule has 1 saturated heterocycles. The molecule has 3 rings (SSSR count). The summed E-state index contributed by atoms with van der Waals surface area (Å²) in [6, 6.07) is 12.5. The highest BCUT2D eigenvalue weighted by molar-refractivity contribution is 5.80. The van der Waals surface area contributed by atoms with Crippen molar-refractivity contribution in [1.29, 1.82) is 0 Å². The fraction of sp³-hybridized carbons (Fsp3) is 0.545. The van der Waals surface area contributed by atoms with Gasteiger partial charge in [0.2, 0.25) is 0 Å². The van der Waals surface area contributed by atoms with Crippen molar-refractivity contribution in [3.05, 3.63) is 53.3 Å². The Balaban J connectivity index is 1.35. The van der Waals surface area contributed by atoms with Gasteiger partial charge in [-0.15, -0.1) is 0 Å². The number of likely N-dealkylation sites (tertiary alicyclic amines) is 1. The quantitative estimate of drug-likeness (QED) is 0.433. The van der Waals surface area contributed by atoms with Gasteiger partial charge in [0, 0.05) is 44.8 Å². The number of aliphatic imine (C=N–C) groups is 1. The fourth-order valence-corrected chi connectivity index (χ4v) is 3.74. The maximum atomic E-state index is 5.93. The number of guanidine groups is 1. The molecule has 1 atom stereocenters. The van der Waals surface area contributed by atoms with Crippen molar-refractivity contribution in [3.63, 3.8) is 0 Å². The summed E-state index contributed by atoms with van der Waals surface area (Å²) in [6.07, 6.45) is 2.18. The first kappa shape index (κ1) is 20.4. The van der Waals surface area contributed by atoms with E-state index >= 15 is 0 Å². The highest BCUT2D eigenvalue weighted by atomic mass is 16.5. The van der Waals surface area contributed by atoms with Crippen LogP contribution in [0.25, 0.3) is 0 Å². The molecular weight excluding hydrogens is 350 g/mol. The first-order chi connectivity index (χ1) is 13.7. The molecule has 1 N–H and O–H groups in total. The van der Waals surface area contributed by atoms with Crippen molar-refractivity contribution in [2.75, 3.05) is 33.3 Å². The third-order valence-electron chi connectivity index (χ3n) is 5.20. The lowest BCUT2D eigenvalue weighted by Crippen LogP contribution is -2.40. The zero-order chi connectivity index (χ0) is 19.8. The molecule has 1 aliphatic rings. The van der Waals surface area contributed by atoms with E-state index in [1.54, 1.807) is 0 Å². The number of hydrogen-bond donors (Lipinski definition) is 1. The number of hydrogen-bond acceptors (Lipinski definition) is 3. The normalized spacial score (nSPS) is 17.3. The van der Waals surface area contributed by atoms with Gasteiger partial charge in [-0.25, -0.2) is 0 Å². The van der Waals surface area contributed by atoms with Gasteiger partial charge >= 0.3 is 0 Å². The standard InChI is InChI=1S/C22H33N5O/c1-18-14-19(2)27(25-18)12-7-11-24-22(23-3)26-13-10-21(15-26)17-28-16-20-8-5-4-6-9-20/h4-6,8-9,14,21H,7,10-13,15-17H2,1-3H3,(H,23,24). The summed E-state index contributed by atoms with van der Waals surface area (Å²) in [5.41, 5.74) is 3.54. The van der Waals surface area contributed by atoms with E-state index in [1.807, 2.05) is 20.0 Å². The number of nitrogens with zero attached hydrogens (tertiary/aromatic N) is 4. The summed E-state index contributed by atoms with van der Waals surface area (Å²) in [5.74, 6) is 1.57. The van der Waals surface area contributed by atoms with Gasteiger partial charge in [0.1, 0.15) is 0 Å². The average Bonchev–Trinajstić information content (AvgIpc) is 3.29. The molecule has 1 fully saturated rings. The Morgan fingerprint density at radius 2 is 2.11 bits per heavy atom. The van der Waals surface area contributed by atoms with Gasteiger partial charge in [-0.1, -0.05) is 30.3 Å². The second-order valence-electron chi connectivity index (χ2n) is 7.58. The minimum Gasteiger partial charge on any atom is -0.376 e. The predicted molar refractivity (Wildman–Crippen MR) is 113 cm³/mol. The van der Waals surface area contributed by atoms with Crippen molar-refractivity contribution < 1.29 is 4.74 Å². The lowest BCUT2D eigenvalue weighted by molar-refractivity contribution is 0.0907. The third-order valence-corrected chi connectivity index (χ3v) is 5.20. The molecule has 0 spiro atoms. The Morgan fingerprint density at radius 3 is 2.82 bits per heavy atom. The van der Waals surface area contributed by atoms with E-state index in [0.29, 0.717) is 12.5 Å². The van der Waals surface area contributed by atoms with Gasteiger partial charge in [-0.05, 0) is 38.3 Å². The van der Waals surface area contributed by atoms with Gasteiger partial charge in [0.25, 0.3) is 0 Å². The molecular formula is C22H33N5O. The summed E-state index contributed by atoms with van der Waals surface area (Å²) in [7, 11) is 1.86. The zero-order valence-electron chi connectivity index (χ0n) is 17.4. The molecule has 2 aromatic rings. The first-order valence-corrected chi connectivity index (χ1v) is 10.2. The predicted octanol–water partition coefficient (Wildman–Crippen LogP) is 3.00. The van der Waals surface area contributed by atoms with Gasteiger partial charge in [-0.2, -0.15) is 5.10 Å². The SMILES string of the molecule is CN=C(NCCCn1nc(C)cc1C)N1CCC(COCc2ccccc2)C1. The van der Waals surface area contributed by atoms with Crippen LogP contribution in [0.4, 0.5) is 0 Å². The van der Waals surface area contributed by atoms with Crippen LogP contribution >= 0.6 is 0 Å². The van der Waals surface area contributed by atoms with Crippen molar-refractivity contribution >= 4 is 5.96 Å². The van der Waals surface area contributed by atoms with Gasteiger partial charge in [0.05, 0.1) is 18.9 Å². The summed E-state index contributed by atoms with van der Waals surface area (Å²) < 4.78 is 8.01. The van der Waals surface area contributed by atoms with E-state index in [9.17, 15) is 0 Å². The minimum absolute atomic E-state index is 0.567. The minimum atomic E-state index is 0.567. The van der Waals surface area contributed by atoms with Crippen LogP contribution in [0.15, 0.2) is 41.4 Å². The molecule has 0 bridgehead atoms. The van der Waals surface area contributed by atoms with Crippen molar-refractivity contribution in [2.45, 2.75) is 39.8 Å². The zero-order valence-corrected chi connectivity index (χ0v) is 17.4. The Morgan fingerprint density at radius 1 is 1.29 bits per heavy atom. The molecule has 6 heteroatoms. The van der Waals surface area contributed by atoms with Crippen LogP contribution in [0.2, 0.25) is 0 Å². The van der Waals surface area contributed by atoms with E-state index < -0.39 is 0 Å². The molecule has 2 heterocycles. The van der Waals surface area contributed by atoms with Crippen LogP contribution in [0.1, 0.15) is 29.8 Å². The lowest BCUT2D eigenvalue weighted by Gasteiger charge is -2.21. The molecule has 152 valence electrons. The van der Waals surface area contributed by atoms with Crippen LogP contribution in [0, 0.1) is 19.8 Å². The Bertz CT molecular complexity index is 756. The van der Waals surface area contributed by atoms with Crippen molar-refractivity contribution in [3.8, 4) is 0 Å². The first-order valence-electron chi connectivity index (χ1n) is 10.2. The summed E-state index contributed by atoms with van der Waals surface area (Å²) in [4.78, 5) is 6.81. The number of nitrogens with one attached hydrogen (secondary N) is 1. The molecule has 0 radical (unpaired) electrons. The molecule has 1 aromatic heterocycles. The number of rotatable bonds is 8. The average molecular weight is 384 g/mol. The Kier molecular flexibility index (Phi) is 7.48. The molecule has 1 unspecified atom stereocenters. The fourth-order valence-electron chi connectivity index (χ4n) is 3.74. The van der Waals surface area contributed by atoms with Crippen LogP contribution < -0.4 is 5.32 Å². The molecule has 1 aromatic carbocycles. The smallest absolute Gasteiger partial charge is 0.193 e. The van der Waals surface area contributed by atoms with Crippen molar-refractivity contribution in [2.24, 2.45) is 10.9 Å². The highest BCUT2D eigenvalue weighted by Gasteiger charge is 2.24. The second-order valence-corrected chi connectivity index (χ2v) is 7.58. The Labute approximate surface area is 168 Å². The second kappa shape index (κ2) is 10.3. The number of ether oxygens (including phenoxy) is 1.